The predicted octanol–water partition coefficient (Wildman–Crippen LogP) is 3.61. The van der Waals surface area contributed by atoms with E-state index in [4.69, 9.17) is 4.74 Å². The molecule has 7 heteroatoms. The Morgan fingerprint density at radius 1 is 1.03 bits per heavy atom. The van der Waals surface area contributed by atoms with E-state index in [1.807, 2.05) is 24.3 Å². The maximum absolute atomic E-state index is 12.8. The van der Waals surface area contributed by atoms with Crippen molar-refractivity contribution in [3.63, 3.8) is 0 Å². The average molecular weight is 416 g/mol. The number of carbonyl (C=O) groups is 2. The van der Waals surface area contributed by atoms with Crippen LogP contribution in [0.5, 0.6) is 0 Å². The van der Waals surface area contributed by atoms with Gasteiger partial charge in [-0.1, -0.05) is 48.5 Å². The first-order valence-electron chi connectivity index (χ1n) is 10.6. The highest BCUT2D eigenvalue weighted by Gasteiger charge is 2.43. The Balaban J connectivity index is 1.27. The van der Waals surface area contributed by atoms with E-state index < -0.39 is 5.54 Å². The first-order chi connectivity index (χ1) is 15.1. The van der Waals surface area contributed by atoms with Crippen molar-refractivity contribution >= 4 is 11.9 Å². The molecule has 158 valence electrons. The zero-order valence-corrected chi connectivity index (χ0v) is 17.4. The Morgan fingerprint density at radius 3 is 2.19 bits per heavy atom. The number of aromatic nitrogens is 3. The standard InChI is InChI=1S/C24H24N4O3/c1-17(29)24(28-16-25-15-26-28)10-12-27(13-11-24)23(30)31-14-22-20-8-4-2-6-18(20)19-7-3-5-9-21(19)22/h2-9,15-16,22H,10-14H2,1H3. The topological polar surface area (TPSA) is 77.3 Å². The second kappa shape index (κ2) is 7.65. The zero-order chi connectivity index (χ0) is 21.4. The summed E-state index contributed by atoms with van der Waals surface area (Å²) in [5.41, 5.74) is 4.05. The zero-order valence-electron chi connectivity index (χ0n) is 17.4. The van der Waals surface area contributed by atoms with Gasteiger partial charge in [0.25, 0.3) is 0 Å². The van der Waals surface area contributed by atoms with Crippen molar-refractivity contribution in [2.24, 2.45) is 0 Å². The summed E-state index contributed by atoms with van der Waals surface area (Å²) in [6, 6.07) is 16.6. The smallest absolute Gasteiger partial charge is 0.409 e. The van der Waals surface area contributed by atoms with Crippen LogP contribution in [0.15, 0.2) is 61.2 Å². The lowest BCUT2D eigenvalue weighted by Crippen LogP contribution is -2.52. The number of amides is 1. The molecule has 2 aromatic carbocycles. The van der Waals surface area contributed by atoms with Crippen molar-refractivity contribution in [2.45, 2.75) is 31.2 Å². The Hall–Kier alpha value is -3.48. The number of carbonyl (C=O) groups excluding carboxylic acids is 2. The predicted molar refractivity (Wildman–Crippen MR) is 115 cm³/mol. The molecule has 3 aromatic rings. The highest BCUT2D eigenvalue weighted by molar-refractivity contribution is 5.84. The number of likely N-dealkylation sites (tertiary alicyclic amines) is 1. The van der Waals surface area contributed by atoms with E-state index >= 15 is 0 Å². The van der Waals surface area contributed by atoms with Crippen LogP contribution in [-0.2, 0) is 15.1 Å². The molecule has 1 fully saturated rings. The van der Waals surface area contributed by atoms with Crippen molar-refractivity contribution in [1.29, 1.82) is 0 Å². The van der Waals surface area contributed by atoms with Crippen LogP contribution >= 0.6 is 0 Å². The fourth-order valence-electron chi connectivity index (χ4n) is 4.92. The summed E-state index contributed by atoms with van der Waals surface area (Å²) in [5, 5.41) is 4.18. The molecule has 2 aliphatic rings. The third kappa shape index (κ3) is 3.21. The van der Waals surface area contributed by atoms with Crippen LogP contribution in [0.25, 0.3) is 11.1 Å². The summed E-state index contributed by atoms with van der Waals surface area (Å²) in [6.07, 6.45) is 3.66. The molecule has 0 bridgehead atoms. The van der Waals surface area contributed by atoms with E-state index in [1.165, 1.54) is 28.6 Å². The van der Waals surface area contributed by atoms with Crippen LogP contribution in [0.2, 0.25) is 0 Å². The Bertz CT molecular complexity index is 1070. The molecule has 1 aliphatic carbocycles. The van der Waals surface area contributed by atoms with Gasteiger partial charge in [-0.2, -0.15) is 5.10 Å². The summed E-state index contributed by atoms with van der Waals surface area (Å²) in [7, 11) is 0. The molecule has 0 saturated carbocycles. The third-order valence-electron chi connectivity index (χ3n) is 6.70. The fourth-order valence-corrected chi connectivity index (χ4v) is 4.92. The van der Waals surface area contributed by atoms with E-state index in [0.29, 0.717) is 32.5 Å². The third-order valence-corrected chi connectivity index (χ3v) is 6.70. The lowest BCUT2D eigenvalue weighted by Gasteiger charge is -2.39. The van der Waals surface area contributed by atoms with Crippen molar-refractivity contribution in [2.75, 3.05) is 19.7 Å². The number of ketones is 1. The number of hydrogen-bond acceptors (Lipinski definition) is 5. The molecule has 5 rings (SSSR count). The molecule has 0 radical (unpaired) electrons. The molecule has 0 N–H and O–H groups in total. The van der Waals surface area contributed by atoms with Crippen LogP contribution in [0.3, 0.4) is 0 Å². The molecular formula is C24H24N4O3. The molecule has 0 unspecified atom stereocenters. The van der Waals surface area contributed by atoms with Gasteiger partial charge in [0, 0.05) is 19.0 Å². The first kappa shape index (κ1) is 19.5. The van der Waals surface area contributed by atoms with Crippen molar-refractivity contribution < 1.29 is 14.3 Å². The van der Waals surface area contributed by atoms with Crippen LogP contribution in [0.1, 0.15) is 36.8 Å². The molecular weight excluding hydrogens is 392 g/mol. The van der Waals surface area contributed by atoms with Crippen molar-refractivity contribution in [1.82, 2.24) is 19.7 Å². The van der Waals surface area contributed by atoms with Gasteiger partial charge in [-0.15, -0.1) is 0 Å². The Labute approximate surface area is 180 Å². The maximum Gasteiger partial charge on any atom is 0.409 e. The molecule has 0 atom stereocenters. The number of Topliss-reactive ketones (excluding diaryl/α,β-unsaturated/α-hetero) is 1. The number of benzene rings is 2. The van der Waals surface area contributed by atoms with Gasteiger partial charge in [0.1, 0.15) is 24.8 Å². The van der Waals surface area contributed by atoms with E-state index in [2.05, 4.69) is 34.3 Å². The number of ether oxygens (including phenoxy) is 1. The summed E-state index contributed by atoms with van der Waals surface area (Å²) >= 11 is 0. The molecule has 31 heavy (non-hydrogen) atoms. The molecule has 1 aliphatic heterocycles. The summed E-state index contributed by atoms with van der Waals surface area (Å²) in [4.78, 5) is 30.9. The minimum Gasteiger partial charge on any atom is -0.448 e. The van der Waals surface area contributed by atoms with Gasteiger partial charge < -0.3 is 9.64 Å². The average Bonchev–Trinajstić information content (AvgIpc) is 3.45. The molecule has 7 nitrogen and oxygen atoms in total. The summed E-state index contributed by atoms with van der Waals surface area (Å²) < 4.78 is 7.40. The minimum absolute atomic E-state index is 0.0326. The first-order valence-corrected chi connectivity index (χ1v) is 10.6. The van der Waals surface area contributed by atoms with Crippen LogP contribution < -0.4 is 0 Å². The molecule has 0 spiro atoms. The number of nitrogens with zero attached hydrogens (tertiary/aromatic N) is 4. The molecule has 2 heterocycles. The highest BCUT2D eigenvalue weighted by Crippen LogP contribution is 2.44. The SMILES string of the molecule is CC(=O)C1(n2cncn2)CCN(C(=O)OCC2c3ccccc3-c3ccccc32)CC1. The van der Waals surface area contributed by atoms with Crippen LogP contribution in [0.4, 0.5) is 4.79 Å². The van der Waals surface area contributed by atoms with E-state index in [0.717, 1.165) is 0 Å². The molecule has 1 saturated heterocycles. The fraction of sp³-hybridized carbons (Fsp3) is 0.333. The van der Waals surface area contributed by atoms with Gasteiger partial charge >= 0.3 is 6.09 Å². The summed E-state index contributed by atoms with van der Waals surface area (Å²) in [6.45, 7) is 2.75. The lowest BCUT2D eigenvalue weighted by molar-refractivity contribution is -0.128. The van der Waals surface area contributed by atoms with Crippen LogP contribution in [0, 0.1) is 0 Å². The molecule has 1 aromatic heterocycles. The van der Waals surface area contributed by atoms with E-state index in [9.17, 15) is 9.59 Å². The van der Waals surface area contributed by atoms with Gasteiger partial charge in [0.2, 0.25) is 0 Å². The second-order valence-corrected chi connectivity index (χ2v) is 8.22. The largest absolute Gasteiger partial charge is 0.448 e. The van der Waals surface area contributed by atoms with E-state index in [1.54, 1.807) is 22.8 Å². The Morgan fingerprint density at radius 2 is 1.65 bits per heavy atom. The molecule has 1 amide bonds. The number of fused-ring (bicyclic) bond motifs is 3. The minimum atomic E-state index is -0.739. The van der Waals surface area contributed by atoms with Crippen molar-refractivity contribution in [3.8, 4) is 11.1 Å². The van der Waals surface area contributed by atoms with Crippen LogP contribution in [-0.4, -0.2) is 51.2 Å². The van der Waals surface area contributed by atoms with E-state index in [-0.39, 0.29) is 17.8 Å². The van der Waals surface area contributed by atoms with Crippen molar-refractivity contribution in [3.05, 3.63) is 72.3 Å². The van der Waals surface area contributed by atoms with Gasteiger partial charge in [-0.05, 0) is 42.0 Å². The van der Waals surface area contributed by atoms with Gasteiger partial charge in [-0.25, -0.2) is 14.5 Å². The Kier molecular flexibility index (Phi) is 4.81. The number of rotatable bonds is 4. The lowest BCUT2D eigenvalue weighted by atomic mass is 9.84. The van der Waals surface area contributed by atoms with Gasteiger partial charge in [-0.3, -0.25) is 4.79 Å². The maximum atomic E-state index is 12.8. The normalized spacial score (nSPS) is 17.1. The monoisotopic (exact) mass is 416 g/mol. The number of hydrogen-bond donors (Lipinski definition) is 0. The quantitative estimate of drug-likeness (QED) is 0.649. The van der Waals surface area contributed by atoms with Gasteiger partial charge in [0.15, 0.2) is 5.78 Å². The second-order valence-electron chi connectivity index (χ2n) is 8.22. The highest BCUT2D eigenvalue weighted by atomic mass is 16.6. The van der Waals surface area contributed by atoms with Gasteiger partial charge in [0.05, 0.1) is 0 Å². The summed E-state index contributed by atoms with van der Waals surface area (Å²) in [5.74, 6) is 0.0674. The number of piperidine rings is 1.